The molecule has 10 nitrogen and oxygen atoms in total. The Hall–Kier alpha value is -3.82. The fourth-order valence-corrected chi connectivity index (χ4v) is 2.31. The van der Waals surface area contributed by atoms with Crippen molar-refractivity contribution in [3.05, 3.63) is 48.2 Å². The van der Waals surface area contributed by atoms with Gasteiger partial charge in [0.05, 0.1) is 7.11 Å². The molecule has 1 aromatic heterocycles. The van der Waals surface area contributed by atoms with Crippen LogP contribution < -0.4 is 25.1 Å². The molecular weight excluding hydrogens is 370 g/mol. The Morgan fingerprint density at radius 3 is 2.71 bits per heavy atom. The molecule has 146 valence electrons. The zero-order valence-electron chi connectivity index (χ0n) is 14.8. The predicted molar refractivity (Wildman–Crippen MR) is 93.7 cm³/mol. The summed E-state index contributed by atoms with van der Waals surface area (Å²) >= 11 is 0. The highest BCUT2D eigenvalue weighted by molar-refractivity contribution is 5.93. The molecular formula is C18H17N3O7. The lowest BCUT2D eigenvalue weighted by atomic mass is 10.2. The van der Waals surface area contributed by atoms with Crippen LogP contribution in [0.4, 0.5) is 0 Å². The van der Waals surface area contributed by atoms with Gasteiger partial charge in [-0.2, -0.15) is 0 Å². The Kier molecular flexibility index (Phi) is 5.90. The molecule has 2 N–H and O–H groups in total. The number of benzene rings is 1. The number of hydrazine groups is 1. The first-order chi connectivity index (χ1) is 13.6. The number of nitrogens with zero attached hydrogens (tertiary/aromatic N) is 1. The lowest BCUT2D eigenvalue weighted by Crippen LogP contribution is -2.51. The molecule has 2 heterocycles. The normalized spacial score (nSPS) is 14.5. The number of esters is 1. The van der Waals surface area contributed by atoms with Crippen molar-refractivity contribution in [3.8, 4) is 17.4 Å². The predicted octanol–water partition coefficient (Wildman–Crippen LogP) is 0.234. The summed E-state index contributed by atoms with van der Waals surface area (Å²) in [6.07, 6.45) is 0.519. The van der Waals surface area contributed by atoms with E-state index in [2.05, 4.69) is 15.8 Å². The molecule has 0 bridgehead atoms. The maximum absolute atomic E-state index is 12.1. The third kappa shape index (κ3) is 4.47. The molecule has 0 saturated carbocycles. The second-order valence-corrected chi connectivity index (χ2v) is 5.54. The topological polar surface area (TPSA) is 125 Å². The molecule has 28 heavy (non-hydrogen) atoms. The average molecular weight is 387 g/mol. The van der Waals surface area contributed by atoms with Crippen LogP contribution in [0.3, 0.4) is 0 Å². The van der Waals surface area contributed by atoms with E-state index in [9.17, 15) is 14.4 Å². The van der Waals surface area contributed by atoms with Gasteiger partial charge in [-0.15, -0.1) is 0 Å². The van der Waals surface area contributed by atoms with Crippen molar-refractivity contribution >= 4 is 17.8 Å². The lowest BCUT2D eigenvalue weighted by Gasteiger charge is -2.25. The first-order valence-electron chi connectivity index (χ1n) is 8.22. The molecule has 2 amide bonds. The largest absolute Gasteiger partial charge is 0.485 e. The van der Waals surface area contributed by atoms with Crippen LogP contribution in [0.5, 0.6) is 17.4 Å². The Morgan fingerprint density at radius 1 is 1.14 bits per heavy atom. The second kappa shape index (κ2) is 8.71. The van der Waals surface area contributed by atoms with Crippen LogP contribution in [0.15, 0.2) is 42.6 Å². The average Bonchev–Trinajstić information content (AvgIpc) is 2.75. The Bertz CT molecular complexity index is 887. The Labute approximate surface area is 159 Å². The van der Waals surface area contributed by atoms with Crippen LogP contribution in [-0.4, -0.2) is 49.2 Å². The highest BCUT2D eigenvalue weighted by atomic mass is 16.6. The molecule has 3 rings (SSSR count). The van der Waals surface area contributed by atoms with Gasteiger partial charge in [-0.05, 0) is 24.3 Å². The van der Waals surface area contributed by atoms with Crippen molar-refractivity contribution in [3.63, 3.8) is 0 Å². The quantitative estimate of drug-likeness (QED) is 0.552. The number of aromatic nitrogens is 1. The number of carbonyl (C=O) groups excluding carboxylic acids is 3. The number of para-hydroxylation sites is 2. The summed E-state index contributed by atoms with van der Waals surface area (Å²) in [7, 11) is 1.36. The molecule has 1 aliphatic rings. The number of hydrogen-bond acceptors (Lipinski definition) is 8. The summed E-state index contributed by atoms with van der Waals surface area (Å²) in [5.74, 6) is -1.08. The molecule has 0 fully saturated rings. The van der Waals surface area contributed by atoms with Crippen molar-refractivity contribution in [2.45, 2.75) is 6.10 Å². The summed E-state index contributed by atoms with van der Waals surface area (Å²) in [4.78, 5) is 39.7. The molecule has 10 heteroatoms. The van der Waals surface area contributed by atoms with Crippen LogP contribution in [0, 0.1) is 0 Å². The van der Waals surface area contributed by atoms with Crippen LogP contribution >= 0.6 is 0 Å². The molecule has 0 radical (unpaired) electrons. The maximum Gasteiger partial charge on any atom is 0.344 e. The minimum Gasteiger partial charge on any atom is -0.485 e. The monoisotopic (exact) mass is 387 g/mol. The molecule has 1 atom stereocenters. The van der Waals surface area contributed by atoms with Gasteiger partial charge >= 0.3 is 5.97 Å². The minimum atomic E-state index is -0.933. The van der Waals surface area contributed by atoms with E-state index < -0.39 is 30.5 Å². The summed E-state index contributed by atoms with van der Waals surface area (Å²) in [6.45, 7) is -0.615. The van der Waals surface area contributed by atoms with E-state index >= 15 is 0 Å². The number of ether oxygens (including phenoxy) is 4. The standard InChI is InChI=1S/C18H17N3O7/c1-25-17-11(5-4-8-19-17)18(24)27-10-15(22)20-21-16(23)14-9-26-12-6-2-3-7-13(12)28-14/h2-8,14H,9-10H2,1H3,(H,20,22)(H,21,23). The smallest absolute Gasteiger partial charge is 0.344 e. The Morgan fingerprint density at radius 2 is 1.93 bits per heavy atom. The number of nitrogens with one attached hydrogen (secondary N) is 2. The van der Waals surface area contributed by atoms with E-state index in [0.717, 1.165) is 0 Å². The maximum atomic E-state index is 12.1. The molecule has 1 aromatic carbocycles. The second-order valence-electron chi connectivity index (χ2n) is 5.54. The van der Waals surface area contributed by atoms with Crippen molar-refractivity contribution in [2.24, 2.45) is 0 Å². The molecule has 0 saturated heterocycles. The summed E-state index contributed by atoms with van der Waals surface area (Å²) in [5, 5.41) is 0. The summed E-state index contributed by atoms with van der Waals surface area (Å²) in [5.41, 5.74) is 4.42. The minimum absolute atomic E-state index is 0.00545. The van der Waals surface area contributed by atoms with E-state index in [0.29, 0.717) is 11.5 Å². The third-order valence-electron chi connectivity index (χ3n) is 3.64. The van der Waals surface area contributed by atoms with Gasteiger partial charge < -0.3 is 18.9 Å². The van der Waals surface area contributed by atoms with Crippen molar-refractivity contribution in [1.29, 1.82) is 0 Å². The first-order valence-corrected chi connectivity index (χ1v) is 8.22. The van der Waals surface area contributed by atoms with E-state index in [1.807, 2.05) is 0 Å². The SMILES string of the molecule is COc1ncccc1C(=O)OCC(=O)NNC(=O)C1COc2ccccc2O1. The molecule has 0 aliphatic carbocycles. The highest BCUT2D eigenvalue weighted by Gasteiger charge is 2.27. The molecule has 1 unspecified atom stereocenters. The van der Waals surface area contributed by atoms with Crippen molar-refractivity contribution in [1.82, 2.24) is 15.8 Å². The third-order valence-corrected chi connectivity index (χ3v) is 3.64. The van der Waals surface area contributed by atoms with E-state index in [1.165, 1.54) is 25.4 Å². The van der Waals surface area contributed by atoms with Crippen LogP contribution in [-0.2, 0) is 14.3 Å². The number of rotatable bonds is 5. The molecule has 0 spiro atoms. The van der Waals surface area contributed by atoms with Gasteiger partial charge in [-0.25, -0.2) is 9.78 Å². The van der Waals surface area contributed by atoms with Crippen LogP contribution in [0.25, 0.3) is 0 Å². The zero-order valence-corrected chi connectivity index (χ0v) is 14.8. The number of carbonyl (C=O) groups is 3. The van der Waals surface area contributed by atoms with Gasteiger partial charge in [0.15, 0.2) is 18.1 Å². The number of hydrogen-bond donors (Lipinski definition) is 2. The summed E-state index contributed by atoms with van der Waals surface area (Å²) < 4.78 is 20.8. The highest BCUT2D eigenvalue weighted by Crippen LogP contribution is 2.30. The van der Waals surface area contributed by atoms with Crippen LogP contribution in [0.2, 0.25) is 0 Å². The van der Waals surface area contributed by atoms with Gasteiger partial charge in [0, 0.05) is 6.20 Å². The first kappa shape index (κ1) is 19.0. The molecule has 1 aliphatic heterocycles. The van der Waals surface area contributed by atoms with E-state index in [1.54, 1.807) is 24.3 Å². The van der Waals surface area contributed by atoms with Gasteiger partial charge in [-0.3, -0.25) is 20.4 Å². The fraction of sp³-hybridized carbons (Fsp3) is 0.222. The fourth-order valence-electron chi connectivity index (χ4n) is 2.31. The summed E-state index contributed by atoms with van der Waals surface area (Å²) in [6, 6.07) is 9.90. The van der Waals surface area contributed by atoms with Gasteiger partial charge in [-0.1, -0.05) is 12.1 Å². The number of amides is 2. The molecule has 2 aromatic rings. The lowest BCUT2D eigenvalue weighted by molar-refractivity contribution is -0.135. The number of fused-ring (bicyclic) bond motifs is 1. The van der Waals surface area contributed by atoms with Gasteiger partial charge in [0.2, 0.25) is 12.0 Å². The van der Waals surface area contributed by atoms with E-state index in [-0.39, 0.29) is 18.1 Å². The number of pyridine rings is 1. The Balaban J connectivity index is 1.44. The van der Waals surface area contributed by atoms with Gasteiger partial charge in [0.1, 0.15) is 12.2 Å². The van der Waals surface area contributed by atoms with Gasteiger partial charge in [0.25, 0.3) is 11.8 Å². The van der Waals surface area contributed by atoms with Crippen LogP contribution in [0.1, 0.15) is 10.4 Å². The van der Waals surface area contributed by atoms with Crippen molar-refractivity contribution in [2.75, 3.05) is 20.3 Å². The zero-order chi connectivity index (χ0) is 19.9. The van der Waals surface area contributed by atoms with E-state index in [4.69, 9.17) is 18.9 Å². The van der Waals surface area contributed by atoms with Crippen molar-refractivity contribution < 1.29 is 33.3 Å². The number of methoxy groups -OCH3 is 1.